The van der Waals surface area contributed by atoms with E-state index in [0.717, 1.165) is 32.5 Å². The minimum Gasteiger partial charge on any atom is -0.388 e. The number of rotatable bonds is 6. The second-order valence-electron chi connectivity index (χ2n) is 6.35. The first-order valence-electron chi connectivity index (χ1n) is 8.62. The van der Waals surface area contributed by atoms with Gasteiger partial charge in [0.2, 0.25) is 0 Å². The number of nitrogens with two attached hydrogens (primary N) is 1. The molecule has 1 heterocycles. The second-order valence-corrected chi connectivity index (χ2v) is 6.35. The van der Waals surface area contributed by atoms with Gasteiger partial charge in [-0.3, -0.25) is 10.3 Å². The third-order valence-corrected chi connectivity index (χ3v) is 4.58. The van der Waals surface area contributed by atoms with Crippen LogP contribution in [0.4, 0.5) is 0 Å². The van der Waals surface area contributed by atoms with Crippen molar-refractivity contribution >= 4 is 11.4 Å². The van der Waals surface area contributed by atoms with Crippen molar-refractivity contribution in [2.75, 3.05) is 19.6 Å². The van der Waals surface area contributed by atoms with Gasteiger partial charge in [0.25, 0.3) is 0 Å². The Hall–Kier alpha value is -2.39. The Balaban J connectivity index is 1.59. The van der Waals surface area contributed by atoms with E-state index in [1.54, 1.807) is 0 Å². The quantitative estimate of drug-likeness (QED) is 0.620. The molecule has 0 radical (unpaired) electrons. The summed E-state index contributed by atoms with van der Waals surface area (Å²) >= 11 is 0. The maximum Gasteiger partial charge on any atom is 0.0905 e. The first-order chi connectivity index (χ1) is 11.7. The van der Waals surface area contributed by atoms with Crippen LogP contribution < -0.4 is 5.73 Å². The largest absolute Gasteiger partial charge is 0.388 e. The second kappa shape index (κ2) is 7.93. The molecule has 1 aliphatic rings. The van der Waals surface area contributed by atoms with Gasteiger partial charge in [-0.25, -0.2) is 0 Å². The lowest BCUT2D eigenvalue weighted by Gasteiger charge is -2.26. The van der Waals surface area contributed by atoms with Crippen LogP contribution in [0.3, 0.4) is 0 Å². The lowest BCUT2D eigenvalue weighted by molar-refractivity contribution is 0.300. The van der Waals surface area contributed by atoms with E-state index in [2.05, 4.69) is 59.5 Å². The SMILES string of the molecule is N=C(N)CCCN1CC=C(c2ccc(-c3ccccc3)cc2)CC1. The Morgan fingerprint density at radius 2 is 1.62 bits per heavy atom. The van der Waals surface area contributed by atoms with Crippen LogP contribution in [0.25, 0.3) is 16.7 Å². The maximum absolute atomic E-state index is 7.28. The van der Waals surface area contributed by atoms with Crippen molar-refractivity contribution < 1.29 is 0 Å². The molecule has 0 saturated carbocycles. The fourth-order valence-corrected chi connectivity index (χ4v) is 3.18. The Kier molecular flexibility index (Phi) is 5.44. The molecule has 2 aromatic carbocycles. The number of hydrogen-bond acceptors (Lipinski definition) is 2. The van der Waals surface area contributed by atoms with Crippen LogP contribution in [0.5, 0.6) is 0 Å². The number of nitrogens with zero attached hydrogens (tertiary/aromatic N) is 1. The van der Waals surface area contributed by atoms with Crippen molar-refractivity contribution in [1.82, 2.24) is 4.90 Å². The molecular formula is C21H25N3. The van der Waals surface area contributed by atoms with Gasteiger partial charge in [0, 0.05) is 19.5 Å². The molecule has 3 nitrogen and oxygen atoms in total. The molecule has 1 aliphatic heterocycles. The normalized spacial score (nSPS) is 15.1. The molecule has 24 heavy (non-hydrogen) atoms. The van der Waals surface area contributed by atoms with Crippen molar-refractivity contribution in [3.05, 3.63) is 66.2 Å². The average Bonchev–Trinajstić information content (AvgIpc) is 2.63. The fraction of sp³-hybridized carbons (Fsp3) is 0.286. The highest BCUT2D eigenvalue weighted by atomic mass is 15.1. The van der Waals surface area contributed by atoms with E-state index in [1.165, 1.54) is 22.3 Å². The van der Waals surface area contributed by atoms with E-state index in [0.29, 0.717) is 12.3 Å². The van der Waals surface area contributed by atoms with Gasteiger partial charge < -0.3 is 5.73 Å². The molecule has 0 spiro atoms. The summed E-state index contributed by atoms with van der Waals surface area (Å²) < 4.78 is 0. The molecule has 0 saturated heterocycles. The number of amidine groups is 1. The van der Waals surface area contributed by atoms with Gasteiger partial charge in [-0.2, -0.15) is 0 Å². The predicted molar refractivity (Wildman–Crippen MR) is 102 cm³/mol. The highest BCUT2D eigenvalue weighted by Gasteiger charge is 2.12. The molecule has 0 bridgehead atoms. The third-order valence-electron chi connectivity index (χ3n) is 4.58. The van der Waals surface area contributed by atoms with Crippen LogP contribution in [-0.2, 0) is 0 Å². The zero-order chi connectivity index (χ0) is 16.8. The van der Waals surface area contributed by atoms with Gasteiger partial charge >= 0.3 is 0 Å². The topological polar surface area (TPSA) is 53.1 Å². The summed E-state index contributed by atoms with van der Waals surface area (Å²) in [6.45, 7) is 3.11. The first kappa shape index (κ1) is 16.5. The van der Waals surface area contributed by atoms with Crippen LogP contribution in [0.1, 0.15) is 24.8 Å². The monoisotopic (exact) mass is 319 g/mol. The lowest BCUT2D eigenvalue weighted by Crippen LogP contribution is -2.30. The molecule has 2 aromatic rings. The van der Waals surface area contributed by atoms with Crippen molar-refractivity contribution in [3.63, 3.8) is 0 Å². The molecule has 124 valence electrons. The van der Waals surface area contributed by atoms with Crippen molar-refractivity contribution in [2.45, 2.75) is 19.3 Å². The minimum absolute atomic E-state index is 0.293. The van der Waals surface area contributed by atoms with Crippen LogP contribution in [0, 0.1) is 5.41 Å². The van der Waals surface area contributed by atoms with E-state index >= 15 is 0 Å². The molecule has 0 aliphatic carbocycles. The fourth-order valence-electron chi connectivity index (χ4n) is 3.18. The zero-order valence-electron chi connectivity index (χ0n) is 14.0. The summed E-state index contributed by atoms with van der Waals surface area (Å²) in [6, 6.07) is 19.4. The van der Waals surface area contributed by atoms with Crippen molar-refractivity contribution in [1.29, 1.82) is 5.41 Å². The van der Waals surface area contributed by atoms with Crippen LogP contribution in [0.15, 0.2) is 60.7 Å². The summed E-state index contributed by atoms with van der Waals surface area (Å²) in [5.41, 5.74) is 10.7. The zero-order valence-corrected chi connectivity index (χ0v) is 14.0. The molecule has 0 fully saturated rings. The van der Waals surface area contributed by atoms with E-state index in [1.807, 2.05) is 6.07 Å². The Morgan fingerprint density at radius 3 is 2.25 bits per heavy atom. The average molecular weight is 319 g/mol. The minimum atomic E-state index is 0.293. The standard InChI is InChI=1S/C21H25N3/c22-21(23)7-4-14-24-15-12-20(13-16-24)19-10-8-18(9-11-19)17-5-2-1-3-6-17/h1-3,5-6,8-12H,4,7,13-16H2,(H3,22,23). The summed E-state index contributed by atoms with van der Waals surface area (Å²) in [4.78, 5) is 2.44. The Morgan fingerprint density at radius 1 is 0.958 bits per heavy atom. The molecule has 3 rings (SSSR count). The lowest BCUT2D eigenvalue weighted by atomic mass is 9.96. The van der Waals surface area contributed by atoms with Gasteiger partial charge in [-0.1, -0.05) is 60.7 Å². The molecule has 0 atom stereocenters. The highest BCUT2D eigenvalue weighted by Crippen LogP contribution is 2.26. The molecular weight excluding hydrogens is 294 g/mol. The maximum atomic E-state index is 7.28. The van der Waals surface area contributed by atoms with Gasteiger partial charge in [0.1, 0.15) is 0 Å². The summed E-state index contributed by atoms with van der Waals surface area (Å²) in [7, 11) is 0. The van der Waals surface area contributed by atoms with Gasteiger partial charge in [-0.05, 0) is 41.6 Å². The number of hydrogen-bond donors (Lipinski definition) is 2. The van der Waals surface area contributed by atoms with Gasteiger partial charge in [0.15, 0.2) is 0 Å². The predicted octanol–water partition coefficient (Wildman–Crippen LogP) is 4.16. The molecule has 0 amide bonds. The van der Waals surface area contributed by atoms with E-state index < -0.39 is 0 Å². The van der Waals surface area contributed by atoms with Gasteiger partial charge in [0.05, 0.1) is 5.84 Å². The van der Waals surface area contributed by atoms with E-state index in [4.69, 9.17) is 11.1 Å². The molecule has 3 heteroatoms. The first-order valence-corrected chi connectivity index (χ1v) is 8.62. The summed E-state index contributed by atoms with van der Waals surface area (Å²) in [5, 5.41) is 7.28. The molecule has 0 aromatic heterocycles. The third kappa shape index (κ3) is 4.33. The smallest absolute Gasteiger partial charge is 0.0905 e. The molecule has 3 N–H and O–H groups in total. The Labute approximate surface area is 144 Å². The van der Waals surface area contributed by atoms with Crippen LogP contribution in [0.2, 0.25) is 0 Å². The number of nitrogens with one attached hydrogen (secondary N) is 1. The van der Waals surface area contributed by atoms with Crippen molar-refractivity contribution in [2.24, 2.45) is 5.73 Å². The Bertz CT molecular complexity index is 702. The van der Waals surface area contributed by atoms with E-state index in [-0.39, 0.29) is 0 Å². The number of benzene rings is 2. The summed E-state index contributed by atoms with van der Waals surface area (Å²) in [6.07, 6.45) is 5.11. The van der Waals surface area contributed by atoms with Gasteiger partial charge in [-0.15, -0.1) is 0 Å². The highest BCUT2D eigenvalue weighted by molar-refractivity contribution is 5.76. The van der Waals surface area contributed by atoms with Crippen LogP contribution in [-0.4, -0.2) is 30.4 Å². The van der Waals surface area contributed by atoms with Crippen molar-refractivity contribution in [3.8, 4) is 11.1 Å². The molecule has 0 unspecified atom stereocenters. The van der Waals surface area contributed by atoms with E-state index in [9.17, 15) is 0 Å². The van der Waals surface area contributed by atoms with Crippen LogP contribution >= 0.6 is 0 Å². The summed E-state index contributed by atoms with van der Waals surface area (Å²) in [5.74, 6) is 0.293.